The van der Waals surface area contributed by atoms with E-state index in [2.05, 4.69) is 19.9 Å². The standard InChI is InChI=1S/C55H51ClF5N7O4/c1-33-27-46(67(29-35-10-18-39(69-4)19-11-35)30-36-12-20-40(70-5)21-13-36)63-51(48(33)55(59,60)61)47-45(57)28-44-50(49(47)58)64-54(56)65-53(44)66(3)34(2)43-9-8-26-62-52(43)68(31-37-14-22-41(71-6)23-15-37)32-38-16-24-42(72-7)25-17-38/h8-28,34H,29-32H2,1-7H3/t34-/m1/s1. The Balaban J connectivity index is 1.21. The molecule has 0 saturated carbocycles. The molecule has 8 aromatic rings. The Morgan fingerprint density at radius 1 is 0.611 bits per heavy atom. The number of benzene rings is 5. The Morgan fingerprint density at radius 3 is 1.51 bits per heavy atom. The van der Waals surface area contributed by atoms with Crippen LogP contribution in [0, 0.1) is 18.6 Å². The first-order valence-electron chi connectivity index (χ1n) is 22.7. The lowest BCUT2D eigenvalue weighted by atomic mass is 9.98. The molecule has 17 heteroatoms. The van der Waals surface area contributed by atoms with Crippen LogP contribution in [-0.2, 0) is 32.4 Å². The number of aryl methyl sites for hydroxylation is 1. The summed E-state index contributed by atoms with van der Waals surface area (Å²) in [5, 5.41) is -0.549. The minimum Gasteiger partial charge on any atom is -0.497 e. The van der Waals surface area contributed by atoms with E-state index in [0.29, 0.717) is 41.9 Å². The van der Waals surface area contributed by atoms with Gasteiger partial charge in [0.05, 0.1) is 51.3 Å². The van der Waals surface area contributed by atoms with Crippen LogP contribution in [-0.4, -0.2) is 55.4 Å². The molecule has 3 aromatic heterocycles. The van der Waals surface area contributed by atoms with Crippen molar-refractivity contribution in [3.8, 4) is 34.3 Å². The molecule has 72 heavy (non-hydrogen) atoms. The summed E-state index contributed by atoms with van der Waals surface area (Å²) in [5.74, 6) is 0.595. The molecular weight excluding hydrogens is 953 g/mol. The van der Waals surface area contributed by atoms with E-state index in [9.17, 15) is 0 Å². The summed E-state index contributed by atoms with van der Waals surface area (Å²) in [4.78, 5) is 23.5. The molecule has 1 atom stereocenters. The summed E-state index contributed by atoms with van der Waals surface area (Å²) in [6.07, 6.45) is -3.39. The van der Waals surface area contributed by atoms with E-state index in [1.807, 2.05) is 85.8 Å². The third-order valence-electron chi connectivity index (χ3n) is 12.5. The van der Waals surface area contributed by atoms with E-state index < -0.39 is 51.5 Å². The second-order valence-corrected chi connectivity index (χ2v) is 17.4. The highest BCUT2D eigenvalue weighted by atomic mass is 35.5. The molecule has 0 aliphatic heterocycles. The van der Waals surface area contributed by atoms with Gasteiger partial charge >= 0.3 is 6.18 Å². The van der Waals surface area contributed by atoms with E-state index in [1.54, 1.807) is 67.6 Å². The van der Waals surface area contributed by atoms with Crippen LogP contribution in [0.1, 0.15) is 51.9 Å². The van der Waals surface area contributed by atoms with Gasteiger partial charge in [0.25, 0.3) is 0 Å². The number of alkyl halides is 3. The number of anilines is 3. The van der Waals surface area contributed by atoms with E-state index in [4.69, 9.17) is 35.5 Å². The molecule has 0 saturated heterocycles. The summed E-state index contributed by atoms with van der Waals surface area (Å²) in [5.41, 5.74) is 0.140. The van der Waals surface area contributed by atoms with Crippen LogP contribution in [0.25, 0.3) is 22.2 Å². The maximum atomic E-state index is 17.4. The van der Waals surface area contributed by atoms with Crippen molar-refractivity contribution in [2.45, 2.75) is 52.2 Å². The number of halogens is 6. The fourth-order valence-electron chi connectivity index (χ4n) is 8.62. The molecule has 0 aliphatic carbocycles. The molecule has 0 N–H and O–H groups in total. The summed E-state index contributed by atoms with van der Waals surface area (Å²) >= 11 is 6.56. The predicted molar refractivity (Wildman–Crippen MR) is 270 cm³/mol. The highest BCUT2D eigenvalue weighted by molar-refractivity contribution is 6.29. The van der Waals surface area contributed by atoms with Crippen LogP contribution >= 0.6 is 11.6 Å². The fraction of sp³-hybridized carbons (Fsp3) is 0.236. The number of hydrogen-bond acceptors (Lipinski definition) is 11. The SMILES string of the molecule is COc1ccc(CN(Cc2ccc(OC)cc2)c2cc(C)c(C(F)(F)F)c(-c3c(F)cc4c(N(C)[C@H](C)c5cccnc5N(Cc5ccc(OC)cc5)Cc5ccc(OC)cc5)nc(Cl)nc4c3F)n2)cc1. The molecule has 0 spiro atoms. The van der Waals surface area contributed by atoms with Gasteiger partial charge in [0.15, 0.2) is 5.82 Å². The highest BCUT2D eigenvalue weighted by Crippen LogP contribution is 2.44. The third-order valence-corrected chi connectivity index (χ3v) is 12.7. The number of rotatable bonds is 18. The summed E-state index contributed by atoms with van der Waals surface area (Å²) in [6.45, 7) is 4.31. The number of nitrogens with zero attached hydrogens (tertiary/aromatic N) is 7. The minimum absolute atomic E-state index is 0.0209. The van der Waals surface area contributed by atoms with Gasteiger partial charge in [0, 0.05) is 50.4 Å². The quantitative estimate of drug-likeness (QED) is 0.0607. The molecule has 0 aliphatic rings. The summed E-state index contributed by atoms with van der Waals surface area (Å²) in [7, 11) is 7.96. The topological polar surface area (TPSA) is 98.2 Å². The number of hydrogen-bond donors (Lipinski definition) is 0. The first kappa shape index (κ1) is 50.7. The molecule has 0 fully saturated rings. The zero-order chi connectivity index (χ0) is 51.3. The van der Waals surface area contributed by atoms with Gasteiger partial charge < -0.3 is 33.6 Å². The molecule has 11 nitrogen and oxygen atoms in total. The first-order valence-corrected chi connectivity index (χ1v) is 23.1. The van der Waals surface area contributed by atoms with E-state index in [-0.39, 0.29) is 35.7 Å². The van der Waals surface area contributed by atoms with Gasteiger partial charge in [-0.2, -0.15) is 18.2 Å². The molecular formula is C55H51ClF5N7O4. The number of ether oxygens (including phenoxy) is 4. The van der Waals surface area contributed by atoms with Crippen LogP contribution in [0.2, 0.25) is 5.28 Å². The maximum Gasteiger partial charge on any atom is 0.418 e. The number of aromatic nitrogens is 4. The second-order valence-electron chi connectivity index (χ2n) is 17.1. The van der Waals surface area contributed by atoms with Crippen LogP contribution in [0.4, 0.5) is 39.4 Å². The predicted octanol–water partition coefficient (Wildman–Crippen LogP) is 13.0. The number of fused-ring (bicyclic) bond motifs is 1. The van der Waals surface area contributed by atoms with Crippen LogP contribution in [0.3, 0.4) is 0 Å². The summed E-state index contributed by atoms with van der Waals surface area (Å²) in [6, 6.07) is 35.0. The van der Waals surface area contributed by atoms with Crippen molar-refractivity contribution in [3.63, 3.8) is 0 Å². The summed E-state index contributed by atoms with van der Waals surface area (Å²) < 4.78 is 102. The average Bonchev–Trinajstić information content (AvgIpc) is 3.38. The lowest BCUT2D eigenvalue weighted by Gasteiger charge is -2.32. The van der Waals surface area contributed by atoms with Gasteiger partial charge in [-0.05, 0) is 120 Å². The number of methoxy groups -OCH3 is 4. The average molecular weight is 1000 g/mol. The second kappa shape index (κ2) is 21.7. The Hall–Kier alpha value is -7.72. The van der Waals surface area contributed by atoms with Crippen molar-refractivity contribution in [1.82, 2.24) is 19.9 Å². The molecule has 372 valence electrons. The van der Waals surface area contributed by atoms with Gasteiger partial charge in [0.2, 0.25) is 5.28 Å². The molecule has 8 rings (SSSR count). The Labute approximate surface area is 419 Å². The zero-order valence-corrected chi connectivity index (χ0v) is 41.3. The Morgan fingerprint density at radius 2 is 1.07 bits per heavy atom. The van der Waals surface area contributed by atoms with E-state index in [0.717, 1.165) is 33.9 Å². The van der Waals surface area contributed by atoms with Crippen molar-refractivity contribution in [3.05, 3.63) is 183 Å². The molecule has 0 radical (unpaired) electrons. The Kier molecular flexibility index (Phi) is 15.3. The molecule has 5 aromatic carbocycles. The van der Waals surface area contributed by atoms with Gasteiger partial charge in [-0.15, -0.1) is 0 Å². The molecule has 0 bridgehead atoms. The van der Waals surface area contributed by atoms with Crippen molar-refractivity contribution in [2.24, 2.45) is 0 Å². The van der Waals surface area contributed by atoms with E-state index >= 15 is 22.0 Å². The van der Waals surface area contributed by atoms with Crippen LogP contribution < -0.4 is 33.6 Å². The van der Waals surface area contributed by atoms with Crippen molar-refractivity contribution >= 4 is 40.0 Å². The smallest absolute Gasteiger partial charge is 0.418 e. The van der Waals surface area contributed by atoms with Gasteiger partial charge in [-0.3, -0.25) is 0 Å². The normalized spacial score (nSPS) is 11.8. The monoisotopic (exact) mass is 1000 g/mol. The zero-order valence-electron chi connectivity index (χ0n) is 40.6. The highest BCUT2D eigenvalue weighted by Gasteiger charge is 2.39. The van der Waals surface area contributed by atoms with Gasteiger partial charge in [-0.1, -0.05) is 54.6 Å². The third kappa shape index (κ3) is 11.1. The Bertz CT molecular complexity index is 3070. The maximum absolute atomic E-state index is 17.4. The van der Waals surface area contributed by atoms with Crippen molar-refractivity contribution in [2.75, 3.05) is 50.2 Å². The number of pyridine rings is 2. The largest absolute Gasteiger partial charge is 0.497 e. The molecule has 3 heterocycles. The lowest BCUT2D eigenvalue weighted by molar-refractivity contribution is -0.137. The van der Waals surface area contributed by atoms with E-state index in [1.165, 1.54) is 27.2 Å². The van der Waals surface area contributed by atoms with Gasteiger partial charge in [0.1, 0.15) is 51.8 Å². The van der Waals surface area contributed by atoms with Crippen LogP contribution in [0.5, 0.6) is 23.0 Å². The van der Waals surface area contributed by atoms with Crippen LogP contribution in [0.15, 0.2) is 128 Å². The lowest BCUT2D eigenvalue weighted by Crippen LogP contribution is -2.29. The minimum atomic E-state index is -5.07. The van der Waals surface area contributed by atoms with Crippen molar-refractivity contribution < 1.29 is 40.9 Å². The fourth-order valence-corrected chi connectivity index (χ4v) is 8.78. The van der Waals surface area contributed by atoms with Gasteiger partial charge in [-0.25, -0.2) is 23.7 Å². The molecule has 0 unspecified atom stereocenters. The van der Waals surface area contributed by atoms with Crippen molar-refractivity contribution in [1.29, 1.82) is 0 Å². The first-order chi connectivity index (χ1) is 34.6. The molecule has 0 amide bonds.